The number of piperidine rings is 1. The van der Waals surface area contributed by atoms with Crippen LogP contribution < -0.4 is 15.5 Å². The van der Waals surface area contributed by atoms with Gasteiger partial charge in [-0.25, -0.2) is 14.8 Å². The summed E-state index contributed by atoms with van der Waals surface area (Å²) in [5.74, 6) is 0.544. The first-order valence-corrected chi connectivity index (χ1v) is 11.2. The molecule has 0 radical (unpaired) electrons. The van der Waals surface area contributed by atoms with E-state index in [1.54, 1.807) is 17.3 Å². The molecule has 0 bridgehead atoms. The van der Waals surface area contributed by atoms with Gasteiger partial charge < -0.3 is 20.3 Å². The monoisotopic (exact) mass is 438 g/mol. The number of carbonyl (C=O) groups is 2. The molecule has 9 heteroatoms. The smallest absolute Gasteiger partial charge is 0.407 e. The van der Waals surface area contributed by atoms with Crippen molar-refractivity contribution in [3.05, 3.63) is 48.3 Å². The number of aromatic nitrogens is 2. The van der Waals surface area contributed by atoms with Crippen molar-refractivity contribution in [2.24, 2.45) is 0 Å². The van der Waals surface area contributed by atoms with Gasteiger partial charge in [-0.1, -0.05) is 30.3 Å². The van der Waals surface area contributed by atoms with Gasteiger partial charge in [-0.05, 0) is 25.3 Å². The number of hydrogen-bond acceptors (Lipinski definition) is 7. The van der Waals surface area contributed by atoms with Gasteiger partial charge in [0.05, 0.1) is 18.1 Å². The first-order chi connectivity index (χ1) is 15.6. The lowest BCUT2D eigenvalue weighted by atomic mass is 10.1. The first kappa shape index (κ1) is 22.0. The van der Waals surface area contributed by atoms with E-state index in [-0.39, 0.29) is 18.1 Å². The Morgan fingerprint density at radius 2 is 1.88 bits per heavy atom. The van der Waals surface area contributed by atoms with Crippen molar-refractivity contribution in [3.63, 3.8) is 0 Å². The molecule has 0 saturated carbocycles. The van der Waals surface area contributed by atoms with Crippen molar-refractivity contribution in [2.45, 2.75) is 44.9 Å². The Morgan fingerprint density at radius 1 is 1.16 bits per heavy atom. The molecule has 0 unspecified atom stereocenters. The number of β-lactam (4-membered cyclic amide) rings is 1. The van der Waals surface area contributed by atoms with E-state index in [9.17, 15) is 9.59 Å². The second-order valence-electron chi connectivity index (χ2n) is 8.35. The summed E-state index contributed by atoms with van der Waals surface area (Å²) in [7, 11) is 0. The summed E-state index contributed by atoms with van der Waals surface area (Å²) in [6.45, 7) is 5.83. The summed E-state index contributed by atoms with van der Waals surface area (Å²) in [6, 6.07) is 10.3. The zero-order valence-electron chi connectivity index (χ0n) is 18.4. The van der Waals surface area contributed by atoms with Crippen molar-refractivity contribution >= 4 is 23.6 Å². The molecule has 2 fully saturated rings. The average Bonchev–Trinajstić information content (AvgIpc) is 2.79. The van der Waals surface area contributed by atoms with Crippen molar-refractivity contribution in [3.8, 4) is 0 Å². The van der Waals surface area contributed by atoms with Crippen LogP contribution in [0.15, 0.2) is 42.7 Å². The van der Waals surface area contributed by atoms with E-state index in [0.717, 1.165) is 32.5 Å². The van der Waals surface area contributed by atoms with Crippen LogP contribution in [0.25, 0.3) is 0 Å². The number of carbonyl (C=O) groups excluding carboxylic acids is 2. The Morgan fingerprint density at radius 3 is 2.50 bits per heavy atom. The van der Waals surface area contributed by atoms with Crippen molar-refractivity contribution in [2.75, 3.05) is 36.4 Å². The molecule has 9 nitrogen and oxygen atoms in total. The minimum Gasteiger partial charge on any atom is -0.446 e. The van der Waals surface area contributed by atoms with Gasteiger partial charge >= 0.3 is 6.09 Å². The van der Waals surface area contributed by atoms with Crippen LogP contribution in [0, 0.1) is 0 Å². The Bertz CT molecular complexity index is 900. The molecule has 1 aromatic carbocycles. The number of anilines is 2. The molecular formula is C23H30N6O3. The van der Waals surface area contributed by atoms with Gasteiger partial charge in [0, 0.05) is 45.2 Å². The SMILES string of the molecule is C[C@H](CNc1ncc(N2CCC2=O)cn1)NC(=O)OC1CCN(Cc2ccccc2)CC1. The molecule has 2 N–H and O–H groups in total. The van der Waals surface area contributed by atoms with E-state index in [0.29, 0.717) is 31.1 Å². The fraction of sp³-hybridized carbons (Fsp3) is 0.478. The molecule has 2 amide bonds. The highest BCUT2D eigenvalue weighted by molar-refractivity contribution is 5.99. The zero-order valence-corrected chi connectivity index (χ0v) is 18.4. The molecular weight excluding hydrogens is 408 g/mol. The average molecular weight is 439 g/mol. The van der Waals surface area contributed by atoms with Gasteiger partial charge in [-0.15, -0.1) is 0 Å². The summed E-state index contributed by atoms with van der Waals surface area (Å²) in [4.78, 5) is 36.2. The van der Waals surface area contributed by atoms with Gasteiger partial charge in [-0.2, -0.15) is 0 Å². The molecule has 1 aromatic heterocycles. The van der Waals surface area contributed by atoms with E-state index in [4.69, 9.17) is 4.74 Å². The number of hydrogen-bond donors (Lipinski definition) is 2. The van der Waals surface area contributed by atoms with Gasteiger partial charge in [0.1, 0.15) is 6.10 Å². The molecule has 4 rings (SSSR count). The molecule has 1 atom stereocenters. The topological polar surface area (TPSA) is 99.7 Å². The van der Waals surface area contributed by atoms with Crippen LogP contribution in [0.1, 0.15) is 31.7 Å². The van der Waals surface area contributed by atoms with E-state index < -0.39 is 6.09 Å². The second-order valence-corrected chi connectivity index (χ2v) is 8.35. The lowest BCUT2D eigenvalue weighted by molar-refractivity contribution is -0.122. The Balaban J connectivity index is 1.13. The van der Waals surface area contributed by atoms with Crippen molar-refractivity contribution < 1.29 is 14.3 Å². The van der Waals surface area contributed by atoms with Gasteiger partial charge in [-0.3, -0.25) is 9.69 Å². The molecule has 32 heavy (non-hydrogen) atoms. The largest absolute Gasteiger partial charge is 0.446 e. The predicted molar refractivity (Wildman–Crippen MR) is 121 cm³/mol. The Hall–Kier alpha value is -3.20. The molecule has 0 spiro atoms. The number of nitrogens with one attached hydrogen (secondary N) is 2. The van der Waals surface area contributed by atoms with Crippen LogP contribution in [-0.2, 0) is 16.1 Å². The number of benzene rings is 1. The molecule has 2 aliphatic heterocycles. The standard InChI is InChI=1S/C23H30N6O3/c1-17(13-24-22-25-14-19(15-26-22)29-12-9-21(29)30)27-23(31)32-20-7-10-28(11-8-20)16-18-5-3-2-4-6-18/h2-6,14-15,17,20H,7-13,16H2,1H3,(H,27,31)(H,24,25,26)/t17-/m1/s1. The summed E-state index contributed by atoms with van der Waals surface area (Å²) >= 11 is 0. The van der Waals surface area contributed by atoms with Crippen LogP contribution >= 0.6 is 0 Å². The maximum absolute atomic E-state index is 12.3. The summed E-state index contributed by atoms with van der Waals surface area (Å²) in [6.07, 6.45) is 5.06. The van der Waals surface area contributed by atoms with Crippen LogP contribution in [0.3, 0.4) is 0 Å². The van der Waals surface area contributed by atoms with Gasteiger partial charge in [0.15, 0.2) is 0 Å². The quantitative estimate of drug-likeness (QED) is 0.611. The number of ether oxygens (including phenoxy) is 1. The van der Waals surface area contributed by atoms with Crippen LogP contribution in [-0.4, -0.2) is 65.2 Å². The third-order valence-electron chi connectivity index (χ3n) is 5.79. The van der Waals surface area contributed by atoms with Crippen molar-refractivity contribution in [1.82, 2.24) is 20.2 Å². The van der Waals surface area contributed by atoms with Crippen LogP contribution in [0.2, 0.25) is 0 Å². The van der Waals surface area contributed by atoms with Gasteiger partial charge in [0.25, 0.3) is 0 Å². The Kier molecular flexibility index (Phi) is 7.16. The first-order valence-electron chi connectivity index (χ1n) is 11.2. The fourth-order valence-electron chi connectivity index (χ4n) is 3.85. The maximum atomic E-state index is 12.3. The highest BCUT2D eigenvalue weighted by atomic mass is 16.6. The minimum atomic E-state index is -0.395. The maximum Gasteiger partial charge on any atom is 0.407 e. The lowest BCUT2D eigenvalue weighted by Crippen LogP contribution is -2.43. The number of alkyl carbamates (subject to hydrolysis) is 1. The lowest BCUT2D eigenvalue weighted by Gasteiger charge is -2.31. The summed E-state index contributed by atoms with van der Waals surface area (Å²) in [5, 5.41) is 5.95. The minimum absolute atomic E-state index is 0.0534. The van der Waals surface area contributed by atoms with E-state index in [1.807, 2.05) is 13.0 Å². The summed E-state index contributed by atoms with van der Waals surface area (Å²) in [5.41, 5.74) is 2.01. The molecule has 170 valence electrons. The highest BCUT2D eigenvalue weighted by Crippen LogP contribution is 2.20. The van der Waals surface area contributed by atoms with Gasteiger partial charge in [0.2, 0.25) is 11.9 Å². The van der Waals surface area contributed by atoms with E-state index in [2.05, 4.69) is 49.8 Å². The predicted octanol–water partition coefficient (Wildman–Crippen LogP) is 2.40. The number of rotatable bonds is 8. The third-order valence-corrected chi connectivity index (χ3v) is 5.79. The molecule has 2 aliphatic rings. The van der Waals surface area contributed by atoms with Crippen LogP contribution in [0.4, 0.5) is 16.4 Å². The fourth-order valence-corrected chi connectivity index (χ4v) is 3.85. The van der Waals surface area contributed by atoms with E-state index in [1.165, 1.54) is 5.56 Å². The number of likely N-dealkylation sites (tertiary alicyclic amines) is 1. The molecule has 3 heterocycles. The molecule has 0 aliphatic carbocycles. The highest BCUT2D eigenvalue weighted by Gasteiger charge is 2.26. The Labute approximate surface area is 188 Å². The summed E-state index contributed by atoms with van der Waals surface area (Å²) < 4.78 is 5.61. The number of amides is 2. The zero-order chi connectivity index (χ0) is 22.3. The number of nitrogens with zero attached hydrogens (tertiary/aromatic N) is 4. The normalized spacial score (nSPS) is 18.0. The van der Waals surface area contributed by atoms with E-state index >= 15 is 0 Å². The second kappa shape index (κ2) is 10.4. The van der Waals surface area contributed by atoms with Crippen molar-refractivity contribution in [1.29, 1.82) is 0 Å². The van der Waals surface area contributed by atoms with Crippen LogP contribution in [0.5, 0.6) is 0 Å². The third kappa shape index (κ3) is 5.94. The molecule has 2 aromatic rings. The molecule has 2 saturated heterocycles.